The van der Waals surface area contributed by atoms with Gasteiger partial charge in [0, 0.05) is 18.7 Å². The van der Waals surface area contributed by atoms with E-state index in [4.69, 9.17) is 0 Å². The average Bonchev–Trinajstić information content (AvgIpc) is 3.11. The predicted octanol–water partition coefficient (Wildman–Crippen LogP) is 0.592. The van der Waals surface area contributed by atoms with Gasteiger partial charge in [-0.1, -0.05) is 12.5 Å². The number of aromatic nitrogens is 6. The van der Waals surface area contributed by atoms with Gasteiger partial charge in [-0.3, -0.25) is 9.36 Å². The zero-order chi connectivity index (χ0) is 19.7. The number of fused-ring (bicyclic) bond motifs is 1. The summed E-state index contributed by atoms with van der Waals surface area (Å²) in [5.74, 6) is 0.392. The Balaban J connectivity index is 1.55. The van der Waals surface area contributed by atoms with E-state index in [1.54, 1.807) is 29.7 Å². The standard InChI is InChI=1S/C18H21N7O3/c1-12-13(6-5-7-14(12)24-11-19-21-17(24)27)20-16(26)10-25-18(28)23-9-4-2-3-8-15(23)22-25/h5-7,11H,2-4,8-10H2,1H3,(H,20,26)(H,21,27). The lowest BCUT2D eigenvalue weighted by molar-refractivity contribution is -0.117. The quantitative estimate of drug-likeness (QED) is 0.683. The number of rotatable bonds is 4. The largest absolute Gasteiger partial charge is 0.347 e. The van der Waals surface area contributed by atoms with Crippen LogP contribution in [0, 0.1) is 6.92 Å². The molecule has 0 aliphatic carbocycles. The Kier molecular flexibility index (Phi) is 4.68. The van der Waals surface area contributed by atoms with Crippen LogP contribution in [0.5, 0.6) is 0 Å². The van der Waals surface area contributed by atoms with Crippen molar-refractivity contribution in [2.45, 2.75) is 45.7 Å². The van der Waals surface area contributed by atoms with Crippen LogP contribution in [0.15, 0.2) is 34.1 Å². The third kappa shape index (κ3) is 3.28. The lowest BCUT2D eigenvalue weighted by Crippen LogP contribution is -2.30. The Labute approximate surface area is 159 Å². The van der Waals surface area contributed by atoms with E-state index in [2.05, 4.69) is 20.6 Å². The summed E-state index contributed by atoms with van der Waals surface area (Å²) in [6.07, 6.45) is 5.17. The lowest BCUT2D eigenvalue weighted by atomic mass is 10.1. The molecule has 1 aliphatic heterocycles. The van der Waals surface area contributed by atoms with Crippen LogP contribution in [0.2, 0.25) is 0 Å². The maximum atomic E-state index is 12.5. The molecule has 0 saturated heterocycles. The first-order valence-corrected chi connectivity index (χ1v) is 9.23. The number of aryl methyl sites for hydroxylation is 1. The Bertz CT molecular complexity index is 1130. The average molecular weight is 383 g/mol. The number of carbonyl (C=O) groups excluding carboxylic acids is 1. The molecule has 0 radical (unpaired) electrons. The number of carbonyl (C=O) groups is 1. The molecule has 0 fully saturated rings. The molecule has 1 amide bonds. The highest BCUT2D eigenvalue weighted by Gasteiger charge is 2.18. The molecule has 0 bridgehead atoms. The molecular formula is C18H21N7O3. The first kappa shape index (κ1) is 18.0. The normalized spacial score (nSPS) is 13.8. The van der Waals surface area contributed by atoms with Crippen molar-refractivity contribution < 1.29 is 4.79 Å². The first-order chi connectivity index (χ1) is 13.5. The fraction of sp³-hybridized carbons (Fsp3) is 0.389. The summed E-state index contributed by atoms with van der Waals surface area (Å²) in [5.41, 5.74) is 1.28. The van der Waals surface area contributed by atoms with Crippen LogP contribution in [0.1, 0.15) is 30.7 Å². The number of nitrogens with zero attached hydrogens (tertiary/aromatic N) is 5. The van der Waals surface area contributed by atoms with E-state index < -0.39 is 0 Å². The molecule has 10 heteroatoms. The van der Waals surface area contributed by atoms with E-state index in [0.29, 0.717) is 23.5 Å². The molecule has 2 N–H and O–H groups in total. The summed E-state index contributed by atoms with van der Waals surface area (Å²) in [4.78, 5) is 36.8. The minimum atomic E-state index is -0.363. The molecular weight excluding hydrogens is 362 g/mol. The van der Waals surface area contributed by atoms with E-state index in [-0.39, 0.29) is 23.8 Å². The van der Waals surface area contributed by atoms with Crippen molar-refractivity contribution in [2.24, 2.45) is 0 Å². The summed E-state index contributed by atoms with van der Waals surface area (Å²) in [5, 5.41) is 13.2. The van der Waals surface area contributed by atoms with Crippen molar-refractivity contribution in [1.82, 2.24) is 29.1 Å². The Hall–Kier alpha value is -3.43. The highest BCUT2D eigenvalue weighted by atomic mass is 16.2. The van der Waals surface area contributed by atoms with Crippen molar-refractivity contribution in [3.8, 4) is 5.69 Å². The second-order valence-electron chi connectivity index (χ2n) is 6.85. The maximum absolute atomic E-state index is 12.5. The Morgan fingerprint density at radius 3 is 2.89 bits per heavy atom. The van der Waals surface area contributed by atoms with Crippen LogP contribution in [0.25, 0.3) is 5.69 Å². The highest BCUT2D eigenvalue weighted by molar-refractivity contribution is 5.91. The van der Waals surface area contributed by atoms with Crippen LogP contribution in [-0.4, -0.2) is 35.0 Å². The van der Waals surface area contributed by atoms with E-state index in [0.717, 1.165) is 31.5 Å². The first-order valence-electron chi connectivity index (χ1n) is 9.23. The van der Waals surface area contributed by atoms with Crippen molar-refractivity contribution in [3.05, 3.63) is 56.9 Å². The van der Waals surface area contributed by atoms with Gasteiger partial charge in [0.1, 0.15) is 18.7 Å². The SMILES string of the molecule is Cc1c(NC(=O)Cn2nc3n(c2=O)CCCCC3)cccc1-n1cn[nH]c1=O. The topological polar surface area (TPSA) is 120 Å². The molecule has 1 aliphatic rings. The fourth-order valence-corrected chi connectivity index (χ4v) is 3.49. The second kappa shape index (κ2) is 7.29. The van der Waals surface area contributed by atoms with E-state index in [1.165, 1.54) is 15.6 Å². The van der Waals surface area contributed by atoms with E-state index in [9.17, 15) is 14.4 Å². The summed E-state index contributed by atoms with van der Waals surface area (Å²) in [7, 11) is 0. The third-order valence-corrected chi connectivity index (χ3v) is 4.97. The van der Waals surface area contributed by atoms with Gasteiger partial charge in [0.2, 0.25) is 5.91 Å². The molecule has 0 unspecified atom stereocenters. The second-order valence-corrected chi connectivity index (χ2v) is 6.85. The maximum Gasteiger partial charge on any atom is 0.347 e. The van der Waals surface area contributed by atoms with Gasteiger partial charge < -0.3 is 5.32 Å². The van der Waals surface area contributed by atoms with Crippen LogP contribution in [0.4, 0.5) is 5.69 Å². The minimum absolute atomic E-state index is 0.159. The van der Waals surface area contributed by atoms with Crippen LogP contribution < -0.4 is 16.7 Å². The number of nitrogens with one attached hydrogen (secondary N) is 2. The summed E-state index contributed by atoms with van der Waals surface area (Å²) in [6, 6.07) is 5.24. The fourth-order valence-electron chi connectivity index (χ4n) is 3.49. The lowest BCUT2D eigenvalue weighted by Gasteiger charge is -2.12. The van der Waals surface area contributed by atoms with Crippen LogP contribution in [0.3, 0.4) is 0 Å². The molecule has 3 aromatic rings. The zero-order valence-electron chi connectivity index (χ0n) is 15.5. The van der Waals surface area contributed by atoms with Crippen molar-refractivity contribution in [1.29, 1.82) is 0 Å². The Morgan fingerprint density at radius 2 is 2.11 bits per heavy atom. The zero-order valence-corrected chi connectivity index (χ0v) is 15.5. The molecule has 10 nitrogen and oxygen atoms in total. The van der Waals surface area contributed by atoms with Gasteiger partial charge in [-0.25, -0.2) is 23.9 Å². The number of H-pyrrole nitrogens is 1. The molecule has 2 aromatic heterocycles. The third-order valence-electron chi connectivity index (χ3n) is 4.97. The van der Waals surface area contributed by atoms with Crippen LogP contribution in [-0.2, 0) is 24.3 Å². The number of hydrogen-bond donors (Lipinski definition) is 2. The number of benzene rings is 1. The summed E-state index contributed by atoms with van der Waals surface area (Å²) < 4.78 is 4.25. The van der Waals surface area contributed by atoms with Crippen molar-refractivity contribution >= 4 is 11.6 Å². The molecule has 0 atom stereocenters. The molecule has 146 valence electrons. The number of anilines is 1. The number of hydrogen-bond acceptors (Lipinski definition) is 5. The number of amides is 1. The van der Waals surface area contributed by atoms with Gasteiger partial charge in [-0.15, -0.1) is 0 Å². The summed E-state index contributed by atoms with van der Waals surface area (Å²) in [6.45, 7) is 2.29. The van der Waals surface area contributed by atoms with E-state index in [1.807, 2.05) is 0 Å². The van der Waals surface area contributed by atoms with E-state index >= 15 is 0 Å². The van der Waals surface area contributed by atoms with Crippen LogP contribution >= 0.6 is 0 Å². The van der Waals surface area contributed by atoms with Gasteiger partial charge in [-0.2, -0.15) is 10.2 Å². The summed E-state index contributed by atoms with van der Waals surface area (Å²) >= 11 is 0. The Morgan fingerprint density at radius 1 is 1.25 bits per heavy atom. The van der Waals surface area contributed by atoms with Crippen molar-refractivity contribution in [3.63, 3.8) is 0 Å². The van der Waals surface area contributed by atoms with Gasteiger partial charge in [0.05, 0.1) is 5.69 Å². The monoisotopic (exact) mass is 383 g/mol. The highest BCUT2D eigenvalue weighted by Crippen LogP contribution is 2.21. The molecule has 0 saturated carbocycles. The van der Waals surface area contributed by atoms with Gasteiger partial charge in [0.15, 0.2) is 0 Å². The predicted molar refractivity (Wildman–Crippen MR) is 102 cm³/mol. The molecule has 1 aromatic carbocycles. The van der Waals surface area contributed by atoms with Gasteiger partial charge >= 0.3 is 11.4 Å². The molecule has 28 heavy (non-hydrogen) atoms. The number of aromatic amines is 1. The molecule has 4 rings (SSSR count). The minimum Gasteiger partial charge on any atom is -0.324 e. The molecule has 3 heterocycles. The molecule has 0 spiro atoms. The van der Waals surface area contributed by atoms with Gasteiger partial charge in [0.25, 0.3) is 0 Å². The smallest absolute Gasteiger partial charge is 0.324 e. The van der Waals surface area contributed by atoms with Crippen molar-refractivity contribution in [2.75, 3.05) is 5.32 Å². The van der Waals surface area contributed by atoms with Gasteiger partial charge in [-0.05, 0) is 37.5 Å².